The van der Waals surface area contributed by atoms with Gasteiger partial charge in [0.15, 0.2) is 5.70 Å². The van der Waals surface area contributed by atoms with Crippen LogP contribution in [0.5, 0.6) is 5.75 Å². The molecular formula is C20H17I2NO3. The third-order valence-electron chi connectivity index (χ3n) is 3.60. The van der Waals surface area contributed by atoms with Gasteiger partial charge < -0.3 is 9.47 Å². The van der Waals surface area contributed by atoms with Gasteiger partial charge in [0, 0.05) is 5.56 Å². The largest absolute Gasteiger partial charge is 0.489 e. The van der Waals surface area contributed by atoms with E-state index in [0.29, 0.717) is 11.6 Å². The summed E-state index contributed by atoms with van der Waals surface area (Å²) in [5, 5.41) is 0. The maximum absolute atomic E-state index is 12.2. The van der Waals surface area contributed by atoms with Gasteiger partial charge in [0.2, 0.25) is 5.90 Å². The number of hydrogen-bond donors (Lipinski definition) is 0. The highest BCUT2D eigenvalue weighted by atomic mass is 127. The maximum Gasteiger partial charge on any atom is 0.363 e. The molecule has 0 aromatic heterocycles. The molecule has 0 aliphatic carbocycles. The average molecular weight is 573 g/mol. The highest BCUT2D eigenvalue weighted by molar-refractivity contribution is 14.1. The van der Waals surface area contributed by atoms with Gasteiger partial charge in [-0.05, 0) is 102 Å². The number of halogens is 2. The smallest absolute Gasteiger partial charge is 0.363 e. The summed E-state index contributed by atoms with van der Waals surface area (Å²) in [5.74, 6) is 0.764. The number of cyclic esters (lactones) is 1. The third kappa shape index (κ3) is 4.46. The summed E-state index contributed by atoms with van der Waals surface area (Å²) in [7, 11) is 0. The number of nitrogens with zero attached hydrogens (tertiary/aromatic N) is 1. The van der Waals surface area contributed by atoms with Crippen LogP contribution >= 0.6 is 45.2 Å². The highest BCUT2D eigenvalue weighted by Crippen LogP contribution is 2.31. The zero-order valence-corrected chi connectivity index (χ0v) is 18.9. The molecule has 1 aliphatic rings. The van der Waals surface area contributed by atoms with Gasteiger partial charge in [-0.3, -0.25) is 0 Å². The number of esters is 1. The second kappa shape index (κ2) is 8.08. The predicted octanol–water partition coefficient (Wildman–Crippen LogP) is 5.34. The Kier molecular flexibility index (Phi) is 6.01. The molecule has 0 saturated heterocycles. The third-order valence-corrected chi connectivity index (χ3v) is 5.20. The Morgan fingerprint density at radius 2 is 1.73 bits per heavy atom. The lowest BCUT2D eigenvalue weighted by Gasteiger charge is -2.14. The summed E-state index contributed by atoms with van der Waals surface area (Å²) in [4.78, 5) is 16.5. The molecule has 26 heavy (non-hydrogen) atoms. The Morgan fingerprint density at radius 3 is 2.31 bits per heavy atom. The van der Waals surface area contributed by atoms with E-state index in [0.717, 1.165) is 29.6 Å². The molecule has 4 nitrogen and oxygen atoms in total. The van der Waals surface area contributed by atoms with E-state index >= 15 is 0 Å². The van der Waals surface area contributed by atoms with Crippen LogP contribution in [0, 0.1) is 14.1 Å². The van der Waals surface area contributed by atoms with Gasteiger partial charge >= 0.3 is 5.97 Å². The minimum Gasteiger partial charge on any atom is -0.489 e. The van der Waals surface area contributed by atoms with Crippen molar-refractivity contribution >= 4 is 63.1 Å². The molecule has 6 heteroatoms. The van der Waals surface area contributed by atoms with Crippen LogP contribution in [0.2, 0.25) is 0 Å². The lowest BCUT2D eigenvalue weighted by Crippen LogP contribution is -2.08. The summed E-state index contributed by atoms with van der Waals surface area (Å²) >= 11 is 4.48. The van der Waals surface area contributed by atoms with Gasteiger partial charge in [0.05, 0.1) is 13.2 Å². The van der Waals surface area contributed by atoms with Crippen LogP contribution in [0.1, 0.15) is 30.5 Å². The summed E-state index contributed by atoms with van der Waals surface area (Å²) in [5.41, 5.74) is 3.11. The molecule has 0 fully saturated rings. The monoisotopic (exact) mass is 573 g/mol. The maximum atomic E-state index is 12.2. The number of benzene rings is 2. The van der Waals surface area contributed by atoms with E-state index in [1.165, 1.54) is 0 Å². The molecule has 0 amide bonds. The summed E-state index contributed by atoms with van der Waals surface area (Å²) in [6.45, 7) is 6.00. The molecule has 2 aromatic carbocycles. The van der Waals surface area contributed by atoms with Gasteiger partial charge in [-0.2, -0.15) is 0 Å². The quantitative estimate of drug-likeness (QED) is 0.282. The second-order valence-electron chi connectivity index (χ2n) is 6.18. The number of ether oxygens (including phenoxy) is 2. The van der Waals surface area contributed by atoms with Crippen LogP contribution < -0.4 is 4.74 Å². The van der Waals surface area contributed by atoms with Crippen LogP contribution in [-0.4, -0.2) is 18.0 Å². The molecule has 1 heterocycles. The Hall–Kier alpha value is -1.42. The fraction of sp³-hybridized carbons (Fsp3) is 0.200. The normalized spacial score (nSPS) is 15.4. The number of hydrogen-bond acceptors (Lipinski definition) is 4. The Morgan fingerprint density at radius 1 is 1.12 bits per heavy atom. The van der Waals surface area contributed by atoms with Gasteiger partial charge in [0.1, 0.15) is 5.75 Å². The molecule has 134 valence electrons. The zero-order chi connectivity index (χ0) is 18.8. The first kappa shape index (κ1) is 19.3. The molecule has 0 bridgehead atoms. The Labute approximate surface area is 180 Å². The molecule has 0 saturated carbocycles. The Balaban J connectivity index is 1.92. The molecule has 0 unspecified atom stereocenters. The molecule has 0 atom stereocenters. The lowest BCUT2D eigenvalue weighted by atomic mass is 10.1. The number of aliphatic imine (C=N–C) groups is 1. The van der Waals surface area contributed by atoms with Crippen molar-refractivity contribution in [1.82, 2.24) is 0 Å². The molecule has 0 N–H and O–H groups in total. The molecule has 3 rings (SSSR count). The molecule has 0 spiro atoms. The van der Waals surface area contributed by atoms with Crippen LogP contribution in [-0.2, 0) is 9.53 Å². The summed E-state index contributed by atoms with van der Waals surface area (Å²) in [6, 6.07) is 11.7. The molecule has 0 radical (unpaired) electrons. The van der Waals surface area contributed by atoms with Crippen molar-refractivity contribution in [2.45, 2.75) is 26.9 Å². The average Bonchev–Trinajstić information content (AvgIpc) is 2.92. The summed E-state index contributed by atoms with van der Waals surface area (Å²) < 4.78 is 13.2. The van der Waals surface area contributed by atoms with E-state index in [4.69, 9.17) is 9.47 Å². The Bertz CT molecular complexity index is 892. The number of rotatable bonds is 4. The molecule has 2 aromatic rings. The summed E-state index contributed by atoms with van der Waals surface area (Å²) in [6.07, 6.45) is 1.85. The van der Waals surface area contributed by atoms with Crippen LogP contribution in [0.3, 0.4) is 0 Å². The van der Waals surface area contributed by atoms with Crippen LogP contribution in [0.15, 0.2) is 47.1 Å². The minimum absolute atomic E-state index is 0.104. The first-order valence-corrected chi connectivity index (χ1v) is 10.2. The first-order valence-electron chi connectivity index (χ1n) is 8.09. The van der Waals surface area contributed by atoms with E-state index in [2.05, 4.69) is 50.2 Å². The van der Waals surface area contributed by atoms with Crippen molar-refractivity contribution in [3.8, 4) is 5.75 Å². The van der Waals surface area contributed by atoms with E-state index in [-0.39, 0.29) is 6.10 Å². The fourth-order valence-electron chi connectivity index (χ4n) is 2.40. The van der Waals surface area contributed by atoms with Gasteiger partial charge in [-0.25, -0.2) is 9.79 Å². The van der Waals surface area contributed by atoms with Crippen molar-refractivity contribution in [1.29, 1.82) is 0 Å². The second-order valence-corrected chi connectivity index (χ2v) is 8.51. The van der Waals surface area contributed by atoms with E-state index in [9.17, 15) is 4.79 Å². The van der Waals surface area contributed by atoms with Crippen molar-refractivity contribution in [2.24, 2.45) is 4.99 Å². The van der Waals surface area contributed by atoms with E-state index < -0.39 is 5.97 Å². The topological polar surface area (TPSA) is 47.9 Å². The first-order chi connectivity index (χ1) is 12.3. The van der Waals surface area contributed by atoms with Crippen LogP contribution in [0.4, 0.5) is 0 Å². The minimum atomic E-state index is -0.437. The van der Waals surface area contributed by atoms with Crippen molar-refractivity contribution < 1.29 is 14.3 Å². The molecular weight excluding hydrogens is 556 g/mol. The van der Waals surface area contributed by atoms with Gasteiger partial charge in [-0.1, -0.05) is 17.7 Å². The van der Waals surface area contributed by atoms with Crippen molar-refractivity contribution in [2.75, 3.05) is 0 Å². The van der Waals surface area contributed by atoms with Crippen molar-refractivity contribution in [3.63, 3.8) is 0 Å². The van der Waals surface area contributed by atoms with Gasteiger partial charge in [-0.15, -0.1) is 0 Å². The van der Waals surface area contributed by atoms with Gasteiger partial charge in [0.25, 0.3) is 0 Å². The molecule has 1 aliphatic heterocycles. The predicted molar refractivity (Wildman–Crippen MR) is 119 cm³/mol. The van der Waals surface area contributed by atoms with E-state index in [1.807, 2.05) is 57.2 Å². The number of aryl methyl sites for hydroxylation is 1. The van der Waals surface area contributed by atoms with E-state index in [1.54, 1.807) is 6.08 Å². The number of carbonyl (C=O) groups excluding carboxylic acids is 1. The number of carbonyl (C=O) groups is 1. The van der Waals surface area contributed by atoms with Crippen molar-refractivity contribution in [3.05, 3.63) is 65.9 Å². The highest BCUT2D eigenvalue weighted by Gasteiger charge is 2.24. The zero-order valence-electron chi connectivity index (χ0n) is 14.5. The van der Waals surface area contributed by atoms with Crippen LogP contribution in [0.25, 0.3) is 6.08 Å². The lowest BCUT2D eigenvalue weighted by molar-refractivity contribution is -0.129. The standard InChI is InChI=1S/C20H17I2NO3/c1-11(2)25-18-15(21)8-13(9-16(18)22)10-17-20(24)26-19(23-17)14-6-4-12(3)5-7-14/h4-11H,1-3H3/b17-10-. The SMILES string of the molecule is Cc1ccc(C2=N/C(=C\c3cc(I)c(OC(C)C)c(I)c3)C(=O)O2)cc1. The fourth-order valence-corrected chi connectivity index (χ4v) is 4.47.